The lowest BCUT2D eigenvalue weighted by Gasteiger charge is -2.20. The molecule has 2 aromatic carbocycles. The number of aromatic amines is 1. The summed E-state index contributed by atoms with van der Waals surface area (Å²) < 4.78 is 5.23. The first kappa shape index (κ1) is 19.8. The van der Waals surface area contributed by atoms with E-state index in [9.17, 15) is 9.59 Å². The SMILES string of the molecule is COc1ccc2[nH]nc(C(=O)Nc3ccc(NC(=O)N4CCCCCC4)cc3)c2c1. The molecule has 1 aliphatic rings. The van der Waals surface area contributed by atoms with Gasteiger partial charge in [0.25, 0.3) is 5.91 Å². The van der Waals surface area contributed by atoms with Crippen LogP contribution < -0.4 is 15.4 Å². The van der Waals surface area contributed by atoms with Gasteiger partial charge in [-0.3, -0.25) is 9.89 Å². The Labute approximate surface area is 174 Å². The van der Waals surface area contributed by atoms with Crippen LogP contribution in [0.3, 0.4) is 0 Å². The molecule has 1 aliphatic heterocycles. The van der Waals surface area contributed by atoms with Gasteiger partial charge in [0, 0.05) is 29.9 Å². The monoisotopic (exact) mass is 407 g/mol. The average molecular weight is 407 g/mol. The van der Waals surface area contributed by atoms with E-state index in [-0.39, 0.29) is 11.9 Å². The van der Waals surface area contributed by atoms with E-state index < -0.39 is 0 Å². The maximum Gasteiger partial charge on any atom is 0.321 e. The van der Waals surface area contributed by atoms with Gasteiger partial charge in [0.2, 0.25) is 0 Å². The number of carbonyl (C=O) groups excluding carboxylic acids is 2. The van der Waals surface area contributed by atoms with E-state index in [4.69, 9.17) is 4.74 Å². The highest BCUT2D eigenvalue weighted by molar-refractivity contribution is 6.11. The fourth-order valence-electron chi connectivity index (χ4n) is 3.60. The Morgan fingerprint density at radius 3 is 2.30 bits per heavy atom. The standard InChI is InChI=1S/C22H25N5O3/c1-30-17-10-11-19-18(14-17)20(26-25-19)21(28)23-15-6-8-16(9-7-15)24-22(29)27-12-4-2-3-5-13-27/h6-11,14H,2-5,12-13H2,1H3,(H,23,28)(H,24,29)(H,25,26). The van der Waals surface area contributed by atoms with Crippen LogP contribution in [-0.4, -0.2) is 47.2 Å². The molecule has 0 radical (unpaired) electrons. The molecule has 156 valence electrons. The second-order valence-corrected chi connectivity index (χ2v) is 7.35. The molecule has 3 aromatic rings. The zero-order valence-corrected chi connectivity index (χ0v) is 16.9. The highest BCUT2D eigenvalue weighted by Gasteiger charge is 2.17. The molecule has 0 spiro atoms. The number of ether oxygens (including phenoxy) is 1. The number of methoxy groups -OCH3 is 1. The van der Waals surface area contributed by atoms with Crippen LogP contribution >= 0.6 is 0 Å². The zero-order valence-electron chi connectivity index (χ0n) is 16.9. The smallest absolute Gasteiger partial charge is 0.321 e. The number of nitrogens with one attached hydrogen (secondary N) is 3. The van der Waals surface area contributed by atoms with Crippen LogP contribution in [0.4, 0.5) is 16.2 Å². The van der Waals surface area contributed by atoms with Gasteiger partial charge >= 0.3 is 6.03 Å². The number of aromatic nitrogens is 2. The van der Waals surface area contributed by atoms with Crippen molar-refractivity contribution in [2.75, 3.05) is 30.8 Å². The zero-order chi connectivity index (χ0) is 20.9. The Bertz CT molecular complexity index is 1040. The topological polar surface area (TPSA) is 99.3 Å². The molecule has 0 atom stereocenters. The van der Waals surface area contributed by atoms with E-state index in [0.717, 1.165) is 31.4 Å². The molecular formula is C22H25N5O3. The summed E-state index contributed by atoms with van der Waals surface area (Å²) in [6.45, 7) is 1.59. The molecule has 8 heteroatoms. The fourth-order valence-corrected chi connectivity index (χ4v) is 3.60. The van der Waals surface area contributed by atoms with E-state index in [2.05, 4.69) is 20.8 Å². The summed E-state index contributed by atoms with van der Waals surface area (Å²) in [6.07, 6.45) is 4.45. The fraction of sp³-hybridized carbons (Fsp3) is 0.318. The van der Waals surface area contributed by atoms with E-state index in [1.807, 2.05) is 11.0 Å². The number of carbonyl (C=O) groups is 2. The molecule has 0 bridgehead atoms. The molecule has 1 saturated heterocycles. The van der Waals surface area contributed by atoms with Crippen LogP contribution in [0.15, 0.2) is 42.5 Å². The van der Waals surface area contributed by atoms with Gasteiger partial charge in [-0.05, 0) is 55.3 Å². The first-order chi connectivity index (χ1) is 14.6. The third kappa shape index (κ3) is 4.37. The summed E-state index contributed by atoms with van der Waals surface area (Å²) in [5, 5.41) is 13.4. The number of rotatable bonds is 4. The van der Waals surface area contributed by atoms with Gasteiger partial charge < -0.3 is 20.3 Å². The van der Waals surface area contributed by atoms with Crippen molar-refractivity contribution in [3.8, 4) is 5.75 Å². The molecule has 8 nitrogen and oxygen atoms in total. The Balaban J connectivity index is 1.41. The molecule has 3 amide bonds. The van der Waals surface area contributed by atoms with Gasteiger partial charge in [-0.2, -0.15) is 5.10 Å². The number of H-pyrrole nitrogens is 1. The Morgan fingerprint density at radius 1 is 0.967 bits per heavy atom. The van der Waals surface area contributed by atoms with Gasteiger partial charge in [0.15, 0.2) is 5.69 Å². The lowest BCUT2D eigenvalue weighted by molar-refractivity contribution is 0.102. The normalized spacial score (nSPS) is 14.2. The predicted molar refractivity (Wildman–Crippen MR) is 116 cm³/mol. The first-order valence-corrected chi connectivity index (χ1v) is 10.1. The lowest BCUT2D eigenvalue weighted by atomic mass is 10.2. The number of nitrogens with zero attached hydrogens (tertiary/aromatic N) is 2. The number of amides is 3. The van der Waals surface area contributed by atoms with Gasteiger partial charge in [-0.1, -0.05) is 12.8 Å². The number of hydrogen-bond acceptors (Lipinski definition) is 4. The van der Waals surface area contributed by atoms with Gasteiger partial charge in [0.1, 0.15) is 5.75 Å². The number of urea groups is 1. The van der Waals surface area contributed by atoms with Crippen molar-refractivity contribution in [3.63, 3.8) is 0 Å². The van der Waals surface area contributed by atoms with Crippen LogP contribution in [0.5, 0.6) is 5.75 Å². The summed E-state index contributed by atoms with van der Waals surface area (Å²) in [4.78, 5) is 27.0. The second kappa shape index (κ2) is 8.86. The molecule has 2 heterocycles. The third-order valence-corrected chi connectivity index (χ3v) is 5.27. The molecule has 1 fully saturated rings. The summed E-state index contributed by atoms with van der Waals surface area (Å²) in [5.74, 6) is 0.332. The molecule has 3 N–H and O–H groups in total. The second-order valence-electron chi connectivity index (χ2n) is 7.35. The average Bonchev–Trinajstić information content (AvgIpc) is 2.99. The summed E-state index contributed by atoms with van der Waals surface area (Å²) >= 11 is 0. The van der Waals surface area contributed by atoms with E-state index in [1.54, 1.807) is 43.5 Å². The minimum absolute atomic E-state index is 0.0781. The molecule has 1 aromatic heterocycles. The van der Waals surface area contributed by atoms with Gasteiger partial charge in [0.05, 0.1) is 12.6 Å². The van der Waals surface area contributed by atoms with Crippen LogP contribution in [0.2, 0.25) is 0 Å². The first-order valence-electron chi connectivity index (χ1n) is 10.1. The maximum atomic E-state index is 12.7. The number of hydrogen-bond donors (Lipinski definition) is 3. The number of fused-ring (bicyclic) bond motifs is 1. The molecule has 4 rings (SSSR count). The molecule has 0 saturated carbocycles. The van der Waals surface area contributed by atoms with Crippen molar-refractivity contribution in [2.45, 2.75) is 25.7 Å². The van der Waals surface area contributed by atoms with E-state index in [1.165, 1.54) is 12.8 Å². The van der Waals surface area contributed by atoms with Crippen molar-refractivity contribution >= 4 is 34.2 Å². The number of benzene rings is 2. The Hall–Kier alpha value is -3.55. The van der Waals surface area contributed by atoms with Crippen molar-refractivity contribution < 1.29 is 14.3 Å². The summed E-state index contributed by atoms with van der Waals surface area (Å²) in [6, 6.07) is 12.4. The summed E-state index contributed by atoms with van der Waals surface area (Å²) in [5.41, 5.74) is 2.36. The van der Waals surface area contributed by atoms with Crippen LogP contribution in [-0.2, 0) is 0 Å². The minimum Gasteiger partial charge on any atom is -0.497 e. The van der Waals surface area contributed by atoms with E-state index in [0.29, 0.717) is 28.2 Å². The van der Waals surface area contributed by atoms with E-state index >= 15 is 0 Å². The van der Waals surface area contributed by atoms with Crippen LogP contribution in [0, 0.1) is 0 Å². The summed E-state index contributed by atoms with van der Waals surface area (Å²) in [7, 11) is 1.58. The van der Waals surface area contributed by atoms with Gasteiger partial charge in [-0.25, -0.2) is 4.79 Å². The van der Waals surface area contributed by atoms with Crippen molar-refractivity contribution in [3.05, 3.63) is 48.2 Å². The number of likely N-dealkylation sites (tertiary alicyclic amines) is 1. The molecule has 0 aliphatic carbocycles. The maximum absolute atomic E-state index is 12.7. The highest BCUT2D eigenvalue weighted by atomic mass is 16.5. The van der Waals surface area contributed by atoms with Crippen molar-refractivity contribution in [2.24, 2.45) is 0 Å². The Morgan fingerprint density at radius 2 is 1.63 bits per heavy atom. The molecule has 30 heavy (non-hydrogen) atoms. The van der Waals surface area contributed by atoms with Crippen molar-refractivity contribution in [1.82, 2.24) is 15.1 Å². The quantitative estimate of drug-likeness (QED) is 0.603. The van der Waals surface area contributed by atoms with Crippen LogP contribution in [0.1, 0.15) is 36.2 Å². The van der Waals surface area contributed by atoms with Crippen molar-refractivity contribution in [1.29, 1.82) is 0 Å². The molecular weight excluding hydrogens is 382 g/mol. The Kier molecular flexibility index (Phi) is 5.83. The highest BCUT2D eigenvalue weighted by Crippen LogP contribution is 2.23. The predicted octanol–water partition coefficient (Wildman–Crippen LogP) is 4.23. The van der Waals surface area contributed by atoms with Crippen LogP contribution in [0.25, 0.3) is 10.9 Å². The van der Waals surface area contributed by atoms with Gasteiger partial charge in [-0.15, -0.1) is 0 Å². The molecule has 0 unspecified atom stereocenters. The number of anilines is 2. The lowest BCUT2D eigenvalue weighted by Crippen LogP contribution is -2.35. The largest absolute Gasteiger partial charge is 0.497 e. The minimum atomic E-state index is -0.323. The third-order valence-electron chi connectivity index (χ3n) is 5.27.